The van der Waals surface area contributed by atoms with Gasteiger partial charge in [-0.3, -0.25) is 0 Å². The smallest absolute Gasteiger partial charge is 0.326 e. The summed E-state index contributed by atoms with van der Waals surface area (Å²) < 4.78 is 24.9. The van der Waals surface area contributed by atoms with Gasteiger partial charge in [-0.2, -0.15) is 0 Å². The predicted octanol–water partition coefficient (Wildman–Crippen LogP) is -0.276. The van der Waals surface area contributed by atoms with Crippen molar-refractivity contribution in [3.8, 4) is 0 Å². The zero-order valence-corrected chi connectivity index (χ0v) is 12.8. The lowest BCUT2D eigenvalue weighted by molar-refractivity contribution is -0.140. The zero-order chi connectivity index (χ0) is 15.8. The highest BCUT2D eigenvalue weighted by Crippen LogP contribution is 2.07. The summed E-state index contributed by atoms with van der Waals surface area (Å²) in [7, 11) is -3.40. The summed E-state index contributed by atoms with van der Waals surface area (Å²) in [6.07, 6.45) is 0.603. The monoisotopic (exact) mass is 309 g/mol. The maximum Gasteiger partial charge on any atom is 0.326 e. The topological polar surface area (TPSA) is 125 Å². The largest absolute Gasteiger partial charge is 0.480 e. The minimum Gasteiger partial charge on any atom is -0.480 e. The van der Waals surface area contributed by atoms with Crippen molar-refractivity contribution in [2.75, 3.05) is 18.8 Å². The van der Waals surface area contributed by atoms with Crippen molar-refractivity contribution in [1.29, 1.82) is 0 Å². The van der Waals surface area contributed by atoms with Gasteiger partial charge in [-0.25, -0.2) is 22.7 Å². The first-order valence-corrected chi connectivity index (χ1v) is 8.13. The van der Waals surface area contributed by atoms with Gasteiger partial charge < -0.3 is 15.7 Å². The number of hydrogen-bond donors (Lipinski definition) is 4. The molecule has 2 atom stereocenters. The van der Waals surface area contributed by atoms with Crippen molar-refractivity contribution < 1.29 is 23.1 Å². The number of nitrogens with one attached hydrogen (secondary N) is 3. The first kappa shape index (κ1) is 18.7. The third-order valence-corrected chi connectivity index (χ3v) is 4.26. The fourth-order valence-electron chi connectivity index (χ4n) is 1.47. The molecule has 0 heterocycles. The van der Waals surface area contributed by atoms with Gasteiger partial charge in [0.25, 0.3) is 0 Å². The summed E-state index contributed by atoms with van der Waals surface area (Å²) in [5.41, 5.74) is 0. The number of carboxylic acid groups (broad SMARTS) is 1. The van der Waals surface area contributed by atoms with E-state index in [4.69, 9.17) is 5.11 Å². The molecule has 0 aliphatic carbocycles. The fourth-order valence-corrected chi connectivity index (χ4v) is 2.42. The number of sulfonamides is 1. The molecular weight excluding hydrogens is 286 g/mol. The number of amides is 2. The maximum absolute atomic E-state index is 11.5. The number of urea groups is 1. The van der Waals surface area contributed by atoms with Gasteiger partial charge in [0.05, 0.1) is 5.75 Å². The number of aliphatic carboxylic acids is 1. The molecule has 0 saturated heterocycles. The van der Waals surface area contributed by atoms with Crippen molar-refractivity contribution in [3.63, 3.8) is 0 Å². The molecule has 4 N–H and O–H groups in total. The molecule has 20 heavy (non-hydrogen) atoms. The molecule has 0 spiro atoms. The van der Waals surface area contributed by atoms with Crippen LogP contribution in [0.2, 0.25) is 0 Å². The zero-order valence-electron chi connectivity index (χ0n) is 12.0. The Bertz CT molecular complexity index is 424. The van der Waals surface area contributed by atoms with Crippen LogP contribution in [-0.4, -0.2) is 50.4 Å². The van der Waals surface area contributed by atoms with Crippen LogP contribution in [-0.2, 0) is 14.8 Å². The van der Waals surface area contributed by atoms with E-state index in [1.807, 2.05) is 6.92 Å². The van der Waals surface area contributed by atoms with Crippen molar-refractivity contribution in [2.24, 2.45) is 5.92 Å². The Hall–Kier alpha value is -1.35. The number of hydrogen-bond acceptors (Lipinski definition) is 4. The van der Waals surface area contributed by atoms with Crippen molar-refractivity contribution >= 4 is 22.0 Å². The van der Waals surface area contributed by atoms with Crippen LogP contribution in [0.4, 0.5) is 4.79 Å². The summed E-state index contributed by atoms with van der Waals surface area (Å²) in [5.74, 6) is -1.59. The molecule has 2 amide bonds. The van der Waals surface area contributed by atoms with E-state index in [1.165, 1.54) is 0 Å². The minimum atomic E-state index is -3.40. The van der Waals surface area contributed by atoms with Gasteiger partial charge in [-0.15, -0.1) is 0 Å². The van der Waals surface area contributed by atoms with Crippen LogP contribution in [0.3, 0.4) is 0 Å². The Morgan fingerprint density at radius 3 is 2.30 bits per heavy atom. The second-order valence-corrected chi connectivity index (χ2v) is 6.34. The summed E-state index contributed by atoms with van der Waals surface area (Å²) in [6, 6.07) is -1.69. The lowest BCUT2D eigenvalue weighted by Crippen LogP contribution is -2.50. The molecule has 0 bridgehead atoms. The number of carboxylic acids is 1. The number of carbonyl (C=O) groups excluding carboxylic acids is 1. The molecule has 9 heteroatoms. The lowest BCUT2D eigenvalue weighted by atomic mass is 9.99. The van der Waals surface area contributed by atoms with Gasteiger partial charge >= 0.3 is 12.0 Å². The molecule has 2 unspecified atom stereocenters. The van der Waals surface area contributed by atoms with Gasteiger partial charge in [0.2, 0.25) is 10.0 Å². The van der Waals surface area contributed by atoms with E-state index < -0.39 is 28.1 Å². The van der Waals surface area contributed by atoms with E-state index in [0.717, 1.165) is 0 Å². The molecule has 0 rings (SSSR count). The third-order valence-electron chi connectivity index (χ3n) is 2.79. The number of rotatable bonds is 9. The Kier molecular flexibility index (Phi) is 8.16. The predicted molar refractivity (Wildman–Crippen MR) is 74.9 cm³/mol. The van der Waals surface area contributed by atoms with E-state index in [0.29, 0.717) is 6.42 Å². The average molecular weight is 309 g/mol. The van der Waals surface area contributed by atoms with Crippen molar-refractivity contribution in [3.05, 3.63) is 0 Å². The lowest BCUT2D eigenvalue weighted by Gasteiger charge is -2.20. The molecule has 8 nitrogen and oxygen atoms in total. The summed E-state index contributed by atoms with van der Waals surface area (Å²) in [4.78, 5) is 22.5. The van der Waals surface area contributed by atoms with Crippen LogP contribution < -0.4 is 15.4 Å². The second kappa shape index (κ2) is 8.75. The minimum absolute atomic E-state index is 0.0893. The molecule has 0 aromatic carbocycles. The standard InChI is InChI=1S/C11H23N3O5S/c1-4-8(3)9(10(15)16)14-11(17)12-6-7-20(18,19)13-5-2/h8-9,13H,4-7H2,1-3H3,(H,15,16)(H2,12,14,17). The third kappa shape index (κ3) is 7.29. The molecule has 118 valence electrons. The maximum atomic E-state index is 11.5. The van der Waals surface area contributed by atoms with Crippen LogP contribution in [0.1, 0.15) is 27.2 Å². The summed E-state index contributed by atoms with van der Waals surface area (Å²) >= 11 is 0. The highest BCUT2D eigenvalue weighted by Gasteiger charge is 2.25. The highest BCUT2D eigenvalue weighted by atomic mass is 32.2. The Labute approximate surface area is 119 Å². The van der Waals surface area contributed by atoms with Gasteiger partial charge in [-0.05, 0) is 5.92 Å². The molecule has 0 aromatic heterocycles. The fraction of sp³-hybridized carbons (Fsp3) is 0.818. The van der Waals surface area contributed by atoms with Gasteiger partial charge in [0.15, 0.2) is 0 Å². The molecular formula is C11H23N3O5S. The molecule has 0 saturated carbocycles. The first-order chi connectivity index (χ1) is 9.23. The summed E-state index contributed by atoms with van der Waals surface area (Å²) in [6.45, 7) is 5.39. The van der Waals surface area contributed by atoms with Crippen LogP contribution in [0.25, 0.3) is 0 Å². The quantitative estimate of drug-likeness (QED) is 0.466. The second-order valence-electron chi connectivity index (χ2n) is 4.42. The Balaban J connectivity index is 4.25. The van der Waals surface area contributed by atoms with E-state index in [-0.39, 0.29) is 24.8 Å². The van der Waals surface area contributed by atoms with E-state index in [2.05, 4.69) is 15.4 Å². The SMILES string of the molecule is CCNS(=O)(=O)CCNC(=O)NC(C(=O)O)C(C)CC. The van der Waals surface area contributed by atoms with E-state index >= 15 is 0 Å². The van der Waals surface area contributed by atoms with Crippen LogP contribution in [0.5, 0.6) is 0 Å². The van der Waals surface area contributed by atoms with Crippen LogP contribution in [0, 0.1) is 5.92 Å². The Morgan fingerprint density at radius 2 is 1.85 bits per heavy atom. The number of carbonyl (C=O) groups is 2. The van der Waals surface area contributed by atoms with E-state index in [1.54, 1.807) is 13.8 Å². The Morgan fingerprint density at radius 1 is 1.25 bits per heavy atom. The molecule has 0 aliphatic rings. The van der Waals surface area contributed by atoms with Crippen LogP contribution in [0.15, 0.2) is 0 Å². The molecule has 0 aliphatic heterocycles. The highest BCUT2D eigenvalue weighted by molar-refractivity contribution is 7.89. The normalized spacial score (nSPS) is 14.3. The van der Waals surface area contributed by atoms with Gasteiger partial charge in [0, 0.05) is 13.1 Å². The first-order valence-electron chi connectivity index (χ1n) is 6.48. The average Bonchev–Trinajstić information content (AvgIpc) is 2.34. The van der Waals surface area contributed by atoms with Crippen molar-refractivity contribution in [1.82, 2.24) is 15.4 Å². The molecule has 0 aromatic rings. The van der Waals surface area contributed by atoms with Gasteiger partial charge in [-0.1, -0.05) is 27.2 Å². The van der Waals surface area contributed by atoms with Crippen molar-refractivity contribution in [2.45, 2.75) is 33.2 Å². The van der Waals surface area contributed by atoms with Crippen LogP contribution >= 0.6 is 0 Å². The summed E-state index contributed by atoms with van der Waals surface area (Å²) in [5, 5.41) is 13.6. The van der Waals surface area contributed by atoms with E-state index in [9.17, 15) is 18.0 Å². The van der Waals surface area contributed by atoms with Gasteiger partial charge in [0.1, 0.15) is 6.04 Å². The molecule has 0 radical (unpaired) electrons. The molecule has 0 fully saturated rings.